The lowest BCUT2D eigenvalue weighted by atomic mass is 10.4. The highest BCUT2D eigenvalue weighted by molar-refractivity contribution is 7.10. The predicted octanol–water partition coefficient (Wildman–Crippen LogP) is 0.115. The standard InChI is InChI=1S/C5H6F2N4OS/c6-2(7)1-9-5(12)3-4(8)13-11-10-3/h2H,1,8H2,(H,9,12). The number of nitrogens with one attached hydrogen (secondary N) is 1. The van der Waals surface area contributed by atoms with E-state index in [1.54, 1.807) is 0 Å². The highest BCUT2D eigenvalue weighted by Gasteiger charge is 2.15. The minimum Gasteiger partial charge on any atom is -0.387 e. The van der Waals surface area contributed by atoms with Crippen LogP contribution in [-0.4, -0.2) is 28.5 Å². The number of carbonyl (C=O) groups excluding carboxylic acids is 1. The maximum atomic E-state index is 11.7. The molecule has 72 valence electrons. The summed E-state index contributed by atoms with van der Waals surface area (Å²) in [5, 5.41) is 5.46. The summed E-state index contributed by atoms with van der Waals surface area (Å²) >= 11 is 0.835. The van der Waals surface area contributed by atoms with E-state index in [0.29, 0.717) is 0 Å². The van der Waals surface area contributed by atoms with Gasteiger partial charge in [-0.2, -0.15) is 0 Å². The Morgan fingerprint density at radius 2 is 2.38 bits per heavy atom. The first-order valence-corrected chi connectivity index (χ1v) is 4.02. The lowest BCUT2D eigenvalue weighted by molar-refractivity contribution is 0.0888. The van der Waals surface area contributed by atoms with Gasteiger partial charge >= 0.3 is 0 Å². The molecule has 1 heterocycles. The number of anilines is 1. The molecule has 0 unspecified atom stereocenters. The number of rotatable bonds is 3. The molecule has 0 aliphatic rings. The molecule has 5 nitrogen and oxygen atoms in total. The molecule has 0 aliphatic heterocycles. The fourth-order valence-electron chi connectivity index (χ4n) is 0.609. The molecule has 1 aromatic rings. The lowest BCUT2D eigenvalue weighted by Crippen LogP contribution is -2.29. The van der Waals surface area contributed by atoms with Gasteiger partial charge in [-0.15, -0.1) is 5.10 Å². The molecule has 0 spiro atoms. The largest absolute Gasteiger partial charge is 0.387 e. The maximum absolute atomic E-state index is 11.7. The number of hydrogen-bond acceptors (Lipinski definition) is 5. The normalized spacial score (nSPS) is 10.4. The van der Waals surface area contributed by atoms with Crippen LogP contribution in [0.5, 0.6) is 0 Å². The van der Waals surface area contributed by atoms with Crippen LogP contribution in [0.4, 0.5) is 13.8 Å². The molecular weight excluding hydrogens is 202 g/mol. The zero-order valence-corrected chi connectivity index (χ0v) is 7.15. The number of carbonyl (C=O) groups is 1. The van der Waals surface area contributed by atoms with Crippen molar-refractivity contribution in [3.05, 3.63) is 5.69 Å². The van der Waals surface area contributed by atoms with Gasteiger partial charge in [0.05, 0.1) is 6.54 Å². The second-order valence-electron chi connectivity index (χ2n) is 2.09. The molecule has 1 rings (SSSR count). The van der Waals surface area contributed by atoms with Crippen molar-refractivity contribution >= 4 is 22.4 Å². The molecular formula is C5H6F2N4OS. The predicted molar refractivity (Wildman–Crippen MR) is 42.7 cm³/mol. The average Bonchev–Trinajstić information content (AvgIpc) is 2.47. The zero-order chi connectivity index (χ0) is 9.84. The summed E-state index contributed by atoms with van der Waals surface area (Å²) in [5.41, 5.74) is 5.19. The number of nitrogens with two attached hydrogens (primary N) is 1. The Labute approximate surface area is 76.1 Å². The van der Waals surface area contributed by atoms with E-state index < -0.39 is 18.9 Å². The Bertz CT molecular complexity index is 302. The van der Waals surface area contributed by atoms with E-state index in [1.807, 2.05) is 5.32 Å². The van der Waals surface area contributed by atoms with Gasteiger partial charge in [0.15, 0.2) is 5.69 Å². The van der Waals surface area contributed by atoms with Crippen LogP contribution >= 0.6 is 11.5 Å². The van der Waals surface area contributed by atoms with E-state index in [-0.39, 0.29) is 10.7 Å². The van der Waals surface area contributed by atoms with Crippen molar-refractivity contribution in [1.29, 1.82) is 0 Å². The molecule has 13 heavy (non-hydrogen) atoms. The topological polar surface area (TPSA) is 80.9 Å². The lowest BCUT2D eigenvalue weighted by Gasteiger charge is -2.00. The summed E-state index contributed by atoms with van der Waals surface area (Å²) in [6.07, 6.45) is -2.59. The van der Waals surface area contributed by atoms with Gasteiger partial charge in [-0.3, -0.25) is 4.79 Å². The fourth-order valence-corrected chi connectivity index (χ4v) is 1.04. The van der Waals surface area contributed by atoms with Gasteiger partial charge < -0.3 is 11.1 Å². The fraction of sp³-hybridized carbons (Fsp3) is 0.400. The third-order valence-corrected chi connectivity index (χ3v) is 1.70. The second kappa shape index (κ2) is 4.08. The molecule has 0 fully saturated rings. The first-order valence-electron chi connectivity index (χ1n) is 3.25. The summed E-state index contributed by atoms with van der Waals surface area (Å²) in [7, 11) is 0. The van der Waals surface area contributed by atoms with Crippen LogP contribution in [0, 0.1) is 0 Å². The molecule has 0 aromatic carbocycles. The molecule has 0 aliphatic carbocycles. The van der Waals surface area contributed by atoms with E-state index >= 15 is 0 Å². The van der Waals surface area contributed by atoms with Gasteiger partial charge in [-0.25, -0.2) is 8.78 Å². The Balaban J connectivity index is 2.54. The average molecular weight is 208 g/mol. The van der Waals surface area contributed by atoms with Gasteiger partial charge in [0, 0.05) is 11.5 Å². The van der Waals surface area contributed by atoms with Gasteiger partial charge in [0.1, 0.15) is 5.00 Å². The number of alkyl halides is 2. The van der Waals surface area contributed by atoms with Crippen LogP contribution in [-0.2, 0) is 0 Å². The number of nitrogens with zero attached hydrogens (tertiary/aromatic N) is 2. The van der Waals surface area contributed by atoms with Crippen LogP contribution in [0.3, 0.4) is 0 Å². The van der Waals surface area contributed by atoms with E-state index in [4.69, 9.17) is 5.73 Å². The van der Waals surface area contributed by atoms with E-state index in [0.717, 1.165) is 11.5 Å². The van der Waals surface area contributed by atoms with Crippen molar-refractivity contribution in [3.63, 3.8) is 0 Å². The summed E-state index contributed by atoms with van der Waals surface area (Å²) in [6.45, 7) is -0.712. The van der Waals surface area contributed by atoms with Gasteiger partial charge in [-0.1, -0.05) is 4.49 Å². The summed E-state index contributed by atoms with van der Waals surface area (Å²) < 4.78 is 26.7. The number of halogens is 2. The number of amides is 1. The van der Waals surface area contributed by atoms with Gasteiger partial charge in [0.25, 0.3) is 12.3 Å². The second-order valence-corrected chi connectivity index (χ2v) is 2.87. The third kappa shape index (κ3) is 2.58. The van der Waals surface area contributed by atoms with Crippen molar-refractivity contribution in [1.82, 2.24) is 14.9 Å². The summed E-state index contributed by atoms with van der Waals surface area (Å²) in [4.78, 5) is 11.0. The van der Waals surface area contributed by atoms with Crippen LogP contribution in [0.2, 0.25) is 0 Å². The quantitative estimate of drug-likeness (QED) is 0.739. The van der Waals surface area contributed by atoms with Crippen LogP contribution in [0.1, 0.15) is 10.5 Å². The zero-order valence-electron chi connectivity index (χ0n) is 6.33. The minimum absolute atomic E-state index is 0.106. The molecule has 0 saturated carbocycles. The Hall–Kier alpha value is -1.31. The Morgan fingerprint density at radius 3 is 2.85 bits per heavy atom. The highest BCUT2D eigenvalue weighted by atomic mass is 32.1. The third-order valence-electron chi connectivity index (χ3n) is 1.15. The first kappa shape index (κ1) is 9.78. The summed E-state index contributed by atoms with van der Waals surface area (Å²) in [5.74, 6) is -0.730. The molecule has 0 atom stereocenters. The molecule has 0 bridgehead atoms. The number of aromatic nitrogens is 2. The van der Waals surface area contributed by atoms with Crippen molar-refractivity contribution in [3.8, 4) is 0 Å². The van der Waals surface area contributed by atoms with Crippen molar-refractivity contribution in [2.75, 3.05) is 12.3 Å². The number of hydrogen-bond donors (Lipinski definition) is 2. The van der Waals surface area contributed by atoms with E-state index in [9.17, 15) is 13.6 Å². The molecule has 0 saturated heterocycles. The van der Waals surface area contributed by atoms with Crippen molar-refractivity contribution in [2.45, 2.75) is 6.43 Å². The molecule has 3 N–H and O–H groups in total. The van der Waals surface area contributed by atoms with Gasteiger partial charge in [0.2, 0.25) is 0 Å². The molecule has 8 heteroatoms. The highest BCUT2D eigenvalue weighted by Crippen LogP contribution is 2.11. The monoisotopic (exact) mass is 208 g/mol. The maximum Gasteiger partial charge on any atom is 0.275 e. The van der Waals surface area contributed by atoms with Crippen LogP contribution < -0.4 is 11.1 Å². The van der Waals surface area contributed by atoms with Crippen LogP contribution in [0.25, 0.3) is 0 Å². The minimum atomic E-state index is -2.59. The Kier molecular flexibility index (Phi) is 3.07. The molecule has 1 amide bonds. The van der Waals surface area contributed by atoms with E-state index in [2.05, 4.69) is 9.59 Å². The SMILES string of the molecule is Nc1snnc1C(=O)NCC(F)F. The summed E-state index contributed by atoms with van der Waals surface area (Å²) in [6, 6.07) is 0. The molecule has 1 aromatic heterocycles. The first-order chi connectivity index (χ1) is 6.11. The Morgan fingerprint density at radius 1 is 1.69 bits per heavy atom. The van der Waals surface area contributed by atoms with Gasteiger partial charge in [-0.05, 0) is 0 Å². The van der Waals surface area contributed by atoms with E-state index in [1.165, 1.54) is 0 Å². The van der Waals surface area contributed by atoms with Crippen molar-refractivity contribution < 1.29 is 13.6 Å². The number of nitrogen functional groups attached to an aromatic ring is 1. The van der Waals surface area contributed by atoms with Crippen molar-refractivity contribution in [2.24, 2.45) is 0 Å². The van der Waals surface area contributed by atoms with Crippen LogP contribution in [0.15, 0.2) is 0 Å². The smallest absolute Gasteiger partial charge is 0.275 e. The molecule has 0 radical (unpaired) electrons.